The number of benzene rings is 1. The van der Waals surface area contributed by atoms with Crippen LogP contribution in [0.1, 0.15) is 31.7 Å². The smallest absolute Gasteiger partial charge is 0.220 e. The molecule has 4 heteroatoms. The first-order valence-electron chi connectivity index (χ1n) is 7.35. The van der Waals surface area contributed by atoms with E-state index in [9.17, 15) is 4.79 Å². The van der Waals surface area contributed by atoms with Gasteiger partial charge in [-0.3, -0.25) is 4.79 Å². The van der Waals surface area contributed by atoms with Gasteiger partial charge in [-0.05, 0) is 44.4 Å². The lowest BCUT2D eigenvalue weighted by Gasteiger charge is -2.30. The maximum absolute atomic E-state index is 12.1. The van der Waals surface area contributed by atoms with Crippen molar-refractivity contribution in [3.05, 3.63) is 29.8 Å². The van der Waals surface area contributed by atoms with E-state index in [1.807, 2.05) is 24.3 Å². The topological polar surface area (TPSA) is 50.4 Å². The lowest BCUT2D eigenvalue weighted by atomic mass is 9.99. The number of methoxy groups -OCH3 is 1. The highest BCUT2D eigenvalue weighted by atomic mass is 16.5. The molecule has 1 saturated heterocycles. The van der Waals surface area contributed by atoms with Gasteiger partial charge in [0.2, 0.25) is 5.91 Å². The largest absolute Gasteiger partial charge is 0.496 e. The Kier molecular flexibility index (Phi) is 5.41. The molecule has 0 saturated carbocycles. The van der Waals surface area contributed by atoms with Gasteiger partial charge in [-0.25, -0.2) is 0 Å². The molecule has 0 aromatic heterocycles. The lowest BCUT2D eigenvalue weighted by molar-refractivity contribution is -0.122. The van der Waals surface area contributed by atoms with Gasteiger partial charge in [0.1, 0.15) is 5.75 Å². The fourth-order valence-electron chi connectivity index (χ4n) is 2.68. The standard InChI is InChI=1S/C16H24N2O2/c1-12-14(7-5-11-17-12)18-16(19)10-9-13-6-3-4-8-15(13)20-2/h3-4,6,8,12,14,17H,5,7,9-11H2,1-2H3,(H,18,19). The van der Waals surface area contributed by atoms with E-state index >= 15 is 0 Å². The zero-order valence-electron chi connectivity index (χ0n) is 12.3. The van der Waals surface area contributed by atoms with Crippen LogP contribution in [-0.4, -0.2) is 31.6 Å². The SMILES string of the molecule is COc1ccccc1CCC(=O)NC1CCCNC1C. The molecule has 2 N–H and O–H groups in total. The fourth-order valence-corrected chi connectivity index (χ4v) is 2.68. The summed E-state index contributed by atoms with van der Waals surface area (Å²) < 4.78 is 5.30. The summed E-state index contributed by atoms with van der Waals surface area (Å²) in [6, 6.07) is 8.48. The van der Waals surface area contributed by atoms with E-state index in [0.29, 0.717) is 18.9 Å². The number of para-hydroxylation sites is 1. The molecule has 0 spiro atoms. The average molecular weight is 276 g/mol. The zero-order chi connectivity index (χ0) is 14.4. The van der Waals surface area contributed by atoms with Crippen molar-refractivity contribution in [2.75, 3.05) is 13.7 Å². The number of hydrogen-bond donors (Lipinski definition) is 2. The Balaban J connectivity index is 1.82. The van der Waals surface area contributed by atoms with E-state index in [0.717, 1.165) is 30.7 Å². The minimum atomic E-state index is 0.122. The molecule has 1 amide bonds. The van der Waals surface area contributed by atoms with Gasteiger partial charge < -0.3 is 15.4 Å². The molecule has 0 bridgehead atoms. The summed E-state index contributed by atoms with van der Waals surface area (Å²) in [7, 11) is 1.66. The van der Waals surface area contributed by atoms with Gasteiger partial charge in [-0.2, -0.15) is 0 Å². The summed E-state index contributed by atoms with van der Waals surface area (Å²) in [6.45, 7) is 3.18. The van der Waals surface area contributed by atoms with E-state index in [4.69, 9.17) is 4.74 Å². The van der Waals surface area contributed by atoms with E-state index in [2.05, 4.69) is 17.6 Å². The Hall–Kier alpha value is -1.55. The molecule has 110 valence electrons. The molecule has 2 atom stereocenters. The van der Waals surface area contributed by atoms with Gasteiger partial charge in [0.25, 0.3) is 0 Å². The van der Waals surface area contributed by atoms with Crippen LogP contribution in [0.2, 0.25) is 0 Å². The number of nitrogens with one attached hydrogen (secondary N) is 2. The maximum atomic E-state index is 12.1. The number of hydrogen-bond acceptors (Lipinski definition) is 3. The Morgan fingerprint density at radius 3 is 3.00 bits per heavy atom. The molecule has 20 heavy (non-hydrogen) atoms. The minimum Gasteiger partial charge on any atom is -0.496 e. The number of ether oxygens (including phenoxy) is 1. The molecular weight excluding hydrogens is 252 g/mol. The average Bonchev–Trinajstić information content (AvgIpc) is 2.48. The van der Waals surface area contributed by atoms with Crippen LogP contribution in [0.25, 0.3) is 0 Å². The third-order valence-corrected chi connectivity index (χ3v) is 3.92. The van der Waals surface area contributed by atoms with Crippen LogP contribution < -0.4 is 15.4 Å². The van der Waals surface area contributed by atoms with Gasteiger partial charge in [0.15, 0.2) is 0 Å². The molecular formula is C16H24N2O2. The number of amides is 1. The van der Waals surface area contributed by atoms with Crippen LogP contribution in [-0.2, 0) is 11.2 Å². The Morgan fingerprint density at radius 1 is 1.45 bits per heavy atom. The monoisotopic (exact) mass is 276 g/mol. The predicted octanol–water partition coefficient (Wildman–Crippen LogP) is 1.88. The Labute approximate surface area is 120 Å². The van der Waals surface area contributed by atoms with E-state index in [-0.39, 0.29) is 11.9 Å². The maximum Gasteiger partial charge on any atom is 0.220 e. The predicted molar refractivity (Wildman–Crippen MR) is 79.9 cm³/mol. The minimum absolute atomic E-state index is 0.122. The molecule has 4 nitrogen and oxygen atoms in total. The van der Waals surface area contributed by atoms with E-state index in [1.165, 1.54) is 0 Å². The third kappa shape index (κ3) is 3.97. The van der Waals surface area contributed by atoms with Crippen LogP contribution in [0, 0.1) is 0 Å². The zero-order valence-corrected chi connectivity index (χ0v) is 12.3. The molecule has 1 heterocycles. The molecule has 1 aromatic rings. The van der Waals surface area contributed by atoms with Crippen LogP contribution in [0.5, 0.6) is 5.75 Å². The highest BCUT2D eigenvalue weighted by molar-refractivity contribution is 5.76. The molecule has 1 fully saturated rings. The summed E-state index contributed by atoms with van der Waals surface area (Å²) >= 11 is 0. The van der Waals surface area contributed by atoms with Crippen molar-refractivity contribution in [2.24, 2.45) is 0 Å². The van der Waals surface area contributed by atoms with Crippen molar-refractivity contribution in [1.29, 1.82) is 0 Å². The summed E-state index contributed by atoms with van der Waals surface area (Å²) in [5.41, 5.74) is 1.08. The second-order valence-corrected chi connectivity index (χ2v) is 5.37. The normalized spacial score (nSPS) is 22.3. The first kappa shape index (κ1) is 14.9. The summed E-state index contributed by atoms with van der Waals surface area (Å²) in [6.07, 6.45) is 3.41. The van der Waals surface area contributed by atoms with Gasteiger partial charge in [-0.1, -0.05) is 18.2 Å². The van der Waals surface area contributed by atoms with Crippen molar-refractivity contribution >= 4 is 5.91 Å². The van der Waals surface area contributed by atoms with Gasteiger partial charge in [0.05, 0.1) is 7.11 Å². The number of rotatable bonds is 5. The van der Waals surface area contributed by atoms with Crippen molar-refractivity contribution < 1.29 is 9.53 Å². The van der Waals surface area contributed by atoms with Gasteiger partial charge in [0, 0.05) is 18.5 Å². The quantitative estimate of drug-likeness (QED) is 0.863. The van der Waals surface area contributed by atoms with E-state index in [1.54, 1.807) is 7.11 Å². The van der Waals surface area contributed by atoms with Crippen molar-refractivity contribution in [3.63, 3.8) is 0 Å². The van der Waals surface area contributed by atoms with Crippen molar-refractivity contribution in [2.45, 2.75) is 44.7 Å². The van der Waals surface area contributed by atoms with Crippen LogP contribution in [0.4, 0.5) is 0 Å². The highest BCUT2D eigenvalue weighted by Gasteiger charge is 2.22. The molecule has 2 rings (SSSR count). The van der Waals surface area contributed by atoms with Crippen molar-refractivity contribution in [1.82, 2.24) is 10.6 Å². The van der Waals surface area contributed by atoms with Crippen molar-refractivity contribution in [3.8, 4) is 5.75 Å². The number of carbonyl (C=O) groups is 1. The molecule has 1 aliphatic rings. The van der Waals surface area contributed by atoms with Gasteiger partial charge >= 0.3 is 0 Å². The van der Waals surface area contributed by atoms with Crippen LogP contribution in [0.15, 0.2) is 24.3 Å². The lowest BCUT2D eigenvalue weighted by Crippen LogP contribution is -2.51. The summed E-state index contributed by atoms with van der Waals surface area (Å²) in [5, 5.41) is 6.53. The number of piperidine rings is 1. The highest BCUT2D eigenvalue weighted by Crippen LogP contribution is 2.19. The van der Waals surface area contributed by atoms with Crippen LogP contribution >= 0.6 is 0 Å². The number of aryl methyl sites for hydroxylation is 1. The second kappa shape index (κ2) is 7.29. The first-order chi connectivity index (χ1) is 9.70. The van der Waals surface area contributed by atoms with Crippen LogP contribution in [0.3, 0.4) is 0 Å². The molecule has 0 aliphatic carbocycles. The molecule has 1 aliphatic heterocycles. The molecule has 2 unspecified atom stereocenters. The number of carbonyl (C=O) groups excluding carboxylic acids is 1. The molecule has 0 radical (unpaired) electrons. The van der Waals surface area contributed by atoms with E-state index < -0.39 is 0 Å². The third-order valence-electron chi connectivity index (χ3n) is 3.92. The fraction of sp³-hybridized carbons (Fsp3) is 0.562. The Bertz CT molecular complexity index is 448. The van der Waals surface area contributed by atoms with Gasteiger partial charge in [-0.15, -0.1) is 0 Å². The molecule has 1 aromatic carbocycles. The Morgan fingerprint density at radius 2 is 2.25 bits per heavy atom. The summed E-state index contributed by atoms with van der Waals surface area (Å²) in [4.78, 5) is 12.1. The summed E-state index contributed by atoms with van der Waals surface area (Å²) in [5.74, 6) is 0.976. The first-order valence-corrected chi connectivity index (χ1v) is 7.35. The second-order valence-electron chi connectivity index (χ2n) is 5.37.